The van der Waals surface area contributed by atoms with Crippen LogP contribution in [0, 0.1) is 5.82 Å². The van der Waals surface area contributed by atoms with Crippen molar-refractivity contribution < 1.29 is 9.18 Å². The maximum absolute atomic E-state index is 13.3. The number of amides is 2. The lowest BCUT2D eigenvalue weighted by molar-refractivity contribution is 0.194. The van der Waals surface area contributed by atoms with Crippen LogP contribution in [0.25, 0.3) is 21.9 Å². The lowest BCUT2D eigenvalue weighted by atomic mass is 10.1. The van der Waals surface area contributed by atoms with Gasteiger partial charge in [-0.15, -0.1) is 0 Å². The van der Waals surface area contributed by atoms with E-state index >= 15 is 0 Å². The van der Waals surface area contributed by atoms with Crippen LogP contribution in [0.2, 0.25) is 0 Å². The molecule has 1 fully saturated rings. The number of carbonyl (C=O) groups excluding carboxylic acids is 1. The van der Waals surface area contributed by atoms with Gasteiger partial charge in [0.05, 0.1) is 11.6 Å². The number of aromatic nitrogens is 5. The molecule has 1 saturated heterocycles. The van der Waals surface area contributed by atoms with Gasteiger partial charge >= 0.3 is 6.03 Å². The zero-order valence-electron chi connectivity index (χ0n) is 17.2. The summed E-state index contributed by atoms with van der Waals surface area (Å²) in [5.41, 5.74) is 2.62. The van der Waals surface area contributed by atoms with Crippen molar-refractivity contribution in [2.75, 3.05) is 37.6 Å². The van der Waals surface area contributed by atoms with Gasteiger partial charge in [0, 0.05) is 56.9 Å². The van der Waals surface area contributed by atoms with Crippen LogP contribution in [0.5, 0.6) is 0 Å². The van der Waals surface area contributed by atoms with E-state index in [2.05, 4.69) is 30.3 Å². The normalized spacial score (nSPS) is 14.5. The van der Waals surface area contributed by atoms with Crippen LogP contribution in [0.1, 0.15) is 5.56 Å². The topological polar surface area (TPSA) is 95.0 Å². The van der Waals surface area contributed by atoms with Crippen molar-refractivity contribution in [1.29, 1.82) is 0 Å². The van der Waals surface area contributed by atoms with Crippen LogP contribution in [-0.2, 0) is 13.5 Å². The Bertz CT molecular complexity index is 1240. The maximum Gasteiger partial charge on any atom is 0.317 e. The fourth-order valence-corrected chi connectivity index (χ4v) is 4.10. The molecule has 0 aliphatic carbocycles. The number of carbonyl (C=O) groups is 1. The molecular weight excluding hydrogens is 399 g/mol. The van der Waals surface area contributed by atoms with Crippen LogP contribution in [0.3, 0.4) is 0 Å². The molecule has 0 saturated carbocycles. The number of anilines is 1. The molecule has 10 heteroatoms. The number of nitrogens with one attached hydrogen (secondary N) is 2. The van der Waals surface area contributed by atoms with Crippen molar-refractivity contribution in [2.45, 2.75) is 6.42 Å². The quantitative estimate of drug-likeness (QED) is 0.525. The number of aryl methyl sites for hydroxylation is 1. The third-order valence-corrected chi connectivity index (χ3v) is 5.77. The second-order valence-electron chi connectivity index (χ2n) is 7.66. The Labute approximate surface area is 177 Å². The molecule has 0 radical (unpaired) electrons. The second kappa shape index (κ2) is 7.86. The van der Waals surface area contributed by atoms with Crippen LogP contribution < -0.4 is 10.2 Å². The minimum Gasteiger partial charge on any atom is -0.361 e. The molecule has 4 aromatic rings. The number of H-pyrrole nitrogens is 1. The third kappa shape index (κ3) is 3.65. The van der Waals surface area contributed by atoms with Crippen molar-refractivity contribution >= 4 is 33.8 Å². The van der Waals surface area contributed by atoms with Crippen molar-refractivity contribution in [2.24, 2.45) is 7.05 Å². The number of urea groups is 1. The number of fused-ring (bicyclic) bond motifs is 2. The van der Waals surface area contributed by atoms with Gasteiger partial charge in [-0.3, -0.25) is 4.68 Å². The predicted octanol–water partition coefficient (Wildman–Crippen LogP) is 2.06. The van der Waals surface area contributed by atoms with E-state index in [1.807, 2.05) is 18.1 Å². The van der Waals surface area contributed by atoms with Gasteiger partial charge in [-0.1, -0.05) is 0 Å². The lowest BCUT2D eigenvalue weighted by Gasteiger charge is -2.35. The molecule has 160 valence electrons. The van der Waals surface area contributed by atoms with E-state index in [-0.39, 0.29) is 11.8 Å². The molecule has 0 bridgehead atoms. The number of benzene rings is 1. The Balaban J connectivity index is 1.16. The Kier molecular flexibility index (Phi) is 4.89. The summed E-state index contributed by atoms with van der Waals surface area (Å²) in [4.78, 5) is 28.4. The summed E-state index contributed by atoms with van der Waals surface area (Å²) in [6.45, 7) is 3.14. The lowest BCUT2D eigenvalue weighted by Crippen LogP contribution is -2.52. The number of halogens is 1. The first-order valence-corrected chi connectivity index (χ1v) is 10.3. The van der Waals surface area contributed by atoms with Gasteiger partial charge < -0.3 is 20.1 Å². The SMILES string of the molecule is Cn1ncc2c(N3CCN(C(=O)NCCc4c[nH]c5cc(F)ccc45)CC3)ncnc21. The summed E-state index contributed by atoms with van der Waals surface area (Å²) < 4.78 is 15.1. The highest BCUT2D eigenvalue weighted by Gasteiger charge is 2.23. The minimum absolute atomic E-state index is 0.0697. The maximum atomic E-state index is 13.3. The average Bonchev–Trinajstić information content (AvgIpc) is 3.37. The number of rotatable bonds is 4. The van der Waals surface area contributed by atoms with Gasteiger partial charge in [0.25, 0.3) is 0 Å². The Hall–Kier alpha value is -3.69. The van der Waals surface area contributed by atoms with E-state index in [0.717, 1.165) is 33.3 Å². The molecule has 9 nitrogen and oxygen atoms in total. The predicted molar refractivity (Wildman–Crippen MR) is 115 cm³/mol. The summed E-state index contributed by atoms with van der Waals surface area (Å²) >= 11 is 0. The Morgan fingerprint density at radius 3 is 2.87 bits per heavy atom. The zero-order chi connectivity index (χ0) is 21.4. The Morgan fingerprint density at radius 1 is 1.19 bits per heavy atom. The summed E-state index contributed by atoms with van der Waals surface area (Å²) in [5, 5.41) is 9.16. The number of hydrogen-bond donors (Lipinski definition) is 2. The van der Waals surface area contributed by atoms with E-state index in [9.17, 15) is 9.18 Å². The molecule has 2 N–H and O–H groups in total. The van der Waals surface area contributed by atoms with Gasteiger partial charge in [0.15, 0.2) is 5.65 Å². The summed E-state index contributed by atoms with van der Waals surface area (Å²) in [7, 11) is 1.86. The Morgan fingerprint density at radius 2 is 2.03 bits per heavy atom. The molecule has 1 aliphatic heterocycles. The zero-order valence-corrected chi connectivity index (χ0v) is 17.2. The first kappa shape index (κ1) is 19.3. The second-order valence-corrected chi connectivity index (χ2v) is 7.66. The highest BCUT2D eigenvalue weighted by molar-refractivity contribution is 5.87. The molecule has 0 spiro atoms. The van der Waals surface area contributed by atoms with Crippen molar-refractivity contribution in [1.82, 2.24) is 34.9 Å². The minimum atomic E-state index is -0.264. The molecule has 4 heterocycles. The summed E-state index contributed by atoms with van der Waals surface area (Å²) in [6, 6.07) is 4.63. The molecule has 3 aromatic heterocycles. The highest BCUT2D eigenvalue weighted by Crippen LogP contribution is 2.23. The van der Waals surface area contributed by atoms with Crippen LogP contribution in [0.4, 0.5) is 15.0 Å². The molecular formula is C21H23FN8O. The molecule has 1 aliphatic rings. The fraction of sp³-hybridized carbons (Fsp3) is 0.333. The molecule has 2 amide bonds. The third-order valence-electron chi connectivity index (χ3n) is 5.77. The summed E-state index contributed by atoms with van der Waals surface area (Å²) in [6.07, 6.45) is 5.88. The van der Waals surface area contributed by atoms with Gasteiger partial charge in [-0.2, -0.15) is 5.10 Å². The van der Waals surface area contributed by atoms with E-state index in [4.69, 9.17) is 0 Å². The van der Waals surface area contributed by atoms with Crippen molar-refractivity contribution in [3.63, 3.8) is 0 Å². The van der Waals surface area contributed by atoms with E-state index < -0.39 is 0 Å². The first-order valence-electron chi connectivity index (χ1n) is 10.3. The fourth-order valence-electron chi connectivity index (χ4n) is 4.10. The van der Waals surface area contributed by atoms with Gasteiger partial charge in [0.2, 0.25) is 0 Å². The highest BCUT2D eigenvalue weighted by atomic mass is 19.1. The first-order chi connectivity index (χ1) is 15.1. The van der Waals surface area contributed by atoms with E-state index in [0.29, 0.717) is 39.1 Å². The number of piperazine rings is 1. The van der Waals surface area contributed by atoms with Crippen molar-refractivity contribution in [3.05, 3.63) is 48.3 Å². The molecule has 5 rings (SSSR count). The largest absolute Gasteiger partial charge is 0.361 e. The standard InChI is InChI=1S/C21H23FN8O/c1-28-19-17(12-27-28)20(26-13-25-19)29-6-8-30(9-7-29)21(31)23-5-4-14-11-24-18-10-15(22)2-3-16(14)18/h2-3,10-13,24H,4-9H2,1H3,(H,23,31). The number of nitrogens with zero attached hydrogens (tertiary/aromatic N) is 6. The van der Waals surface area contributed by atoms with Gasteiger partial charge in [0.1, 0.15) is 18.0 Å². The van der Waals surface area contributed by atoms with Gasteiger partial charge in [-0.05, 0) is 30.2 Å². The molecule has 31 heavy (non-hydrogen) atoms. The van der Waals surface area contributed by atoms with Gasteiger partial charge in [-0.25, -0.2) is 19.2 Å². The van der Waals surface area contributed by atoms with E-state index in [1.54, 1.807) is 23.3 Å². The van der Waals surface area contributed by atoms with Crippen molar-refractivity contribution in [3.8, 4) is 0 Å². The monoisotopic (exact) mass is 422 g/mol. The van der Waals surface area contributed by atoms with Crippen LogP contribution >= 0.6 is 0 Å². The van der Waals surface area contributed by atoms with Crippen LogP contribution in [0.15, 0.2) is 36.9 Å². The smallest absolute Gasteiger partial charge is 0.317 e. The molecule has 1 aromatic carbocycles. The number of hydrogen-bond acceptors (Lipinski definition) is 5. The average molecular weight is 422 g/mol. The molecule has 0 unspecified atom stereocenters. The summed E-state index contributed by atoms with van der Waals surface area (Å²) in [5.74, 6) is 0.591. The van der Waals surface area contributed by atoms with E-state index in [1.165, 1.54) is 12.1 Å². The number of aromatic amines is 1. The molecule has 0 atom stereocenters. The van der Waals surface area contributed by atoms with Crippen LogP contribution in [-0.4, -0.2) is 68.4 Å².